The molecule has 0 saturated heterocycles. The van der Waals surface area contributed by atoms with Gasteiger partial charge in [0.2, 0.25) is 0 Å². The molecule has 2 aromatic carbocycles. The fraction of sp³-hybridized carbons (Fsp3) is 0.455. The first kappa shape index (κ1) is 22.0. The Hall–Kier alpha value is -1.30. The Morgan fingerprint density at radius 3 is 1.41 bits per heavy atom. The molecule has 27 heavy (non-hydrogen) atoms. The Balaban J connectivity index is 1.87. The highest BCUT2D eigenvalue weighted by molar-refractivity contribution is 8.07. The highest BCUT2D eigenvalue weighted by atomic mass is 32.2. The zero-order valence-corrected chi connectivity index (χ0v) is 18.6. The molecule has 0 aliphatic heterocycles. The molecule has 0 bridgehead atoms. The van der Waals surface area contributed by atoms with Crippen LogP contribution in [0.1, 0.15) is 63.8 Å². The van der Waals surface area contributed by atoms with Crippen molar-refractivity contribution in [2.24, 2.45) is 0 Å². The summed E-state index contributed by atoms with van der Waals surface area (Å²) < 4.78 is 5.66. The molecule has 0 aliphatic carbocycles. The van der Waals surface area contributed by atoms with Gasteiger partial charge in [0.25, 0.3) is 0 Å². The Labute approximate surface area is 172 Å². The smallest absolute Gasteiger partial charge is 0.119 e. The standard InChI is InChI=1S/C22H30O3S2/c1-21(2,3)17-11-15(7-9-19(17)23)13-26-25-27-14-16-8-10-20(24)18(12-16)22(4,5)6/h7-12,23-24H,13-14H2,1-6H3. The molecule has 0 aromatic heterocycles. The Kier molecular flexibility index (Phi) is 7.17. The molecule has 0 spiro atoms. The lowest BCUT2D eigenvalue weighted by molar-refractivity contribution is 0.445. The Morgan fingerprint density at radius 1 is 0.704 bits per heavy atom. The van der Waals surface area contributed by atoms with E-state index in [1.807, 2.05) is 24.3 Å². The molecule has 0 saturated carbocycles. The SMILES string of the molecule is CC(C)(C)c1cc(CSOSCc2ccc(O)c(C(C)(C)C)c2)ccc1O. The normalized spacial score (nSPS) is 12.4. The Bertz CT molecular complexity index is 709. The fourth-order valence-electron chi connectivity index (χ4n) is 2.77. The van der Waals surface area contributed by atoms with E-state index in [0.717, 1.165) is 33.8 Å². The number of rotatable bonds is 6. The van der Waals surface area contributed by atoms with E-state index in [0.29, 0.717) is 11.5 Å². The number of aromatic hydroxyl groups is 2. The van der Waals surface area contributed by atoms with Crippen molar-refractivity contribution in [1.29, 1.82) is 0 Å². The third-order valence-corrected chi connectivity index (χ3v) is 5.96. The first-order chi connectivity index (χ1) is 12.5. The summed E-state index contributed by atoms with van der Waals surface area (Å²) in [6.45, 7) is 12.6. The van der Waals surface area contributed by atoms with Gasteiger partial charge >= 0.3 is 0 Å². The third-order valence-electron chi connectivity index (χ3n) is 4.29. The molecule has 5 heteroatoms. The zero-order valence-electron chi connectivity index (χ0n) is 17.0. The van der Waals surface area contributed by atoms with Crippen LogP contribution >= 0.6 is 24.1 Å². The van der Waals surface area contributed by atoms with E-state index >= 15 is 0 Å². The van der Waals surface area contributed by atoms with Gasteiger partial charge in [-0.2, -0.15) is 0 Å². The van der Waals surface area contributed by atoms with Crippen LogP contribution < -0.4 is 0 Å². The second-order valence-electron chi connectivity index (χ2n) is 8.80. The maximum atomic E-state index is 10.0. The summed E-state index contributed by atoms with van der Waals surface area (Å²) in [4.78, 5) is 0. The summed E-state index contributed by atoms with van der Waals surface area (Å²) in [7, 11) is 0. The molecule has 0 fully saturated rings. The summed E-state index contributed by atoms with van der Waals surface area (Å²) in [5, 5.41) is 20.1. The summed E-state index contributed by atoms with van der Waals surface area (Å²) in [5.74, 6) is 2.13. The van der Waals surface area contributed by atoms with Crippen LogP contribution in [0.3, 0.4) is 0 Å². The largest absolute Gasteiger partial charge is 0.508 e. The van der Waals surface area contributed by atoms with E-state index in [1.165, 1.54) is 24.1 Å². The first-order valence-electron chi connectivity index (χ1n) is 9.04. The van der Waals surface area contributed by atoms with Crippen molar-refractivity contribution >= 4 is 24.1 Å². The molecule has 0 unspecified atom stereocenters. The van der Waals surface area contributed by atoms with Gasteiger partial charge in [-0.15, -0.1) is 0 Å². The number of hydrogen-bond donors (Lipinski definition) is 2. The maximum Gasteiger partial charge on any atom is 0.119 e. The number of benzene rings is 2. The second kappa shape index (κ2) is 8.80. The van der Waals surface area contributed by atoms with Gasteiger partial charge in [0.1, 0.15) is 11.5 Å². The van der Waals surface area contributed by atoms with Crippen LogP contribution in [0.5, 0.6) is 11.5 Å². The molecule has 0 amide bonds. The van der Waals surface area contributed by atoms with Crippen LogP contribution in [-0.4, -0.2) is 10.2 Å². The summed E-state index contributed by atoms with van der Waals surface area (Å²) in [6, 6.07) is 11.5. The number of phenols is 2. The molecule has 2 N–H and O–H groups in total. The molecule has 2 aromatic rings. The van der Waals surface area contributed by atoms with Gasteiger partial charge in [0.15, 0.2) is 0 Å². The third kappa shape index (κ3) is 6.37. The van der Waals surface area contributed by atoms with Crippen LogP contribution in [0, 0.1) is 0 Å². The second-order valence-corrected chi connectivity index (χ2v) is 10.4. The summed E-state index contributed by atoms with van der Waals surface area (Å²) >= 11 is 2.79. The number of hydrogen-bond acceptors (Lipinski definition) is 5. The quantitative estimate of drug-likeness (QED) is 0.412. The van der Waals surface area contributed by atoms with Crippen molar-refractivity contribution in [3.05, 3.63) is 58.7 Å². The van der Waals surface area contributed by atoms with Crippen LogP contribution in [0.15, 0.2) is 36.4 Å². The van der Waals surface area contributed by atoms with Crippen LogP contribution in [0.2, 0.25) is 0 Å². The van der Waals surface area contributed by atoms with Crippen molar-refractivity contribution in [1.82, 2.24) is 0 Å². The van der Waals surface area contributed by atoms with E-state index in [2.05, 4.69) is 41.5 Å². The van der Waals surface area contributed by atoms with Crippen molar-refractivity contribution in [3.8, 4) is 11.5 Å². The van der Waals surface area contributed by atoms with E-state index in [1.54, 1.807) is 12.1 Å². The van der Waals surface area contributed by atoms with E-state index in [4.69, 9.17) is 3.63 Å². The van der Waals surface area contributed by atoms with E-state index in [-0.39, 0.29) is 10.8 Å². The van der Waals surface area contributed by atoms with Crippen LogP contribution in [0.4, 0.5) is 0 Å². The van der Waals surface area contributed by atoms with Gasteiger partial charge in [0.05, 0.1) is 0 Å². The lowest BCUT2D eigenvalue weighted by Gasteiger charge is -2.21. The predicted octanol–water partition coefficient (Wildman–Crippen LogP) is 6.71. The summed E-state index contributed by atoms with van der Waals surface area (Å²) in [6.07, 6.45) is 0. The van der Waals surface area contributed by atoms with E-state index < -0.39 is 0 Å². The molecule has 148 valence electrons. The minimum absolute atomic E-state index is 0.0933. The zero-order chi connectivity index (χ0) is 20.2. The molecule has 2 rings (SSSR count). The van der Waals surface area contributed by atoms with Gasteiger partial charge in [-0.3, -0.25) is 0 Å². The monoisotopic (exact) mass is 406 g/mol. The number of phenolic OH excluding ortho intramolecular Hbond substituents is 2. The average Bonchev–Trinajstić information content (AvgIpc) is 2.55. The molecule has 0 heterocycles. The van der Waals surface area contributed by atoms with Gasteiger partial charge in [-0.1, -0.05) is 65.8 Å². The van der Waals surface area contributed by atoms with Gasteiger partial charge < -0.3 is 10.2 Å². The predicted molar refractivity (Wildman–Crippen MR) is 117 cm³/mol. The molecular weight excluding hydrogens is 376 g/mol. The van der Waals surface area contributed by atoms with Crippen molar-refractivity contribution in [3.63, 3.8) is 0 Å². The minimum atomic E-state index is -0.0933. The molecule has 0 radical (unpaired) electrons. The first-order valence-corrected chi connectivity index (χ1v) is 10.9. The van der Waals surface area contributed by atoms with E-state index in [9.17, 15) is 10.2 Å². The minimum Gasteiger partial charge on any atom is -0.508 e. The van der Waals surface area contributed by atoms with Gasteiger partial charge in [0, 0.05) is 35.6 Å². The topological polar surface area (TPSA) is 49.7 Å². The van der Waals surface area contributed by atoms with Gasteiger partial charge in [-0.05, 0) is 45.2 Å². The molecular formula is C22H30O3S2. The average molecular weight is 407 g/mol. The maximum absolute atomic E-state index is 10.0. The van der Waals surface area contributed by atoms with Gasteiger partial charge in [-0.25, -0.2) is 3.63 Å². The van der Waals surface area contributed by atoms with Crippen LogP contribution in [0.25, 0.3) is 0 Å². The molecule has 3 nitrogen and oxygen atoms in total. The van der Waals surface area contributed by atoms with Crippen LogP contribution in [-0.2, 0) is 26.0 Å². The lowest BCUT2D eigenvalue weighted by Crippen LogP contribution is -2.11. The van der Waals surface area contributed by atoms with Crippen molar-refractivity contribution in [2.45, 2.75) is 63.9 Å². The highest BCUT2D eigenvalue weighted by Crippen LogP contribution is 2.34. The fourth-order valence-corrected chi connectivity index (χ4v) is 4.05. The highest BCUT2D eigenvalue weighted by Gasteiger charge is 2.19. The lowest BCUT2D eigenvalue weighted by atomic mass is 9.85. The Morgan fingerprint density at radius 2 is 1.07 bits per heavy atom. The van der Waals surface area contributed by atoms with Crippen molar-refractivity contribution in [2.75, 3.05) is 0 Å². The summed E-state index contributed by atoms with van der Waals surface area (Å²) in [5.41, 5.74) is 3.97. The molecule has 0 atom stereocenters. The van der Waals surface area contributed by atoms with Crippen molar-refractivity contribution < 1.29 is 13.8 Å². The molecule has 0 aliphatic rings.